The normalized spacial score (nSPS) is 13.8. The smallest absolute Gasteiger partial charge is 0.308 e. The molecule has 0 aliphatic heterocycles. The van der Waals surface area contributed by atoms with E-state index in [1.54, 1.807) is 0 Å². The van der Waals surface area contributed by atoms with Crippen LogP contribution in [0.1, 0.15) is 57.1 Å². The number of carbonyl (C=O) groups excluding carboxylic acids is 2. The number of hydrogen-bond donors (Lipinski definition) is 0. The first-order valence-corrected chi connectivity index (χ1v) is 9.32. The third kappa shape index (κ3) is 5.07. The van der Waals surface area contributed by atoms with E-state index < -0.39 is 0 Å². The molecule has 0 bridgehead atoms. The molecule has 0 N–H and O–H groups in total. The van der Waals surface area contributed by atoms with Crippen molar-refractivity contribution in [2.24, 2.45) is 0 Å². The third-order valence-electron chi connectivity index (χ3n) is 4.62. The van der Waals surface area contributed by atoms with Crippen LogP contribution in [0.4, 0.5) is 0 Å². The number of esters is 2. The summed E-state index contributed by atoms with van der Waals surface area (Å²) < 4.78 is 10.3. The van der Waals surface area contributed by atoms with Gasteiger partial charge in [0.05, 0.1) is 0 Å². The summed E-state index contributed by atoms with van der Waals surface area (Å²) >= 11 is 0. The largest absolute Gasteiger partial charge is 0.427 e. The Morgan fingerprint density at radius 2 is 1.07 bits per heavy atom. The van der Waals surface area contributed by atoms with Gasteiger partial charge in [-0.05, 0) is 66.6 Å². The second-order valence-corrected chi connectivity index (χ2v) is 6.78. The molecule has 140 valence electrons. The number of hydrogen-bond acceptors (Lipinski definition) is 4. The molecular formula is C23H24O4. The standard InChI is InChI=1S/C23H24O4/c1-16(24)26-21-12-8-19(9-13-21)23(18-6-4-3-5-7-18)20-10-14-22(15-11-20)27-17(2)25/h8-15H,3-7H2,1-2H3. The highest BCUT2D eigenvalue weighted by Crippen LogP contribution is 2.36. The fourth-order valence-corrected chi connectivity index (χ4v) is 3.51. The van der Waals surface area contributed by atoms with Crippen molar-refractivity contribution in [3.05, 3.63) is 65.2 Å². The van der Waals surface area contributed by atoms with E-state index in [-0.39, 0.29) is 11.9 Å². The Labute approximate surface area is 159 Å². The number of allylic oxidation sites excluding steroid dienone is 1. The molecule has 1 aliphatic carbocycles. The molecule has 4 nitrogen and oxygen atoms in total. The van der Waals surface area contributed by atoms with Crippen LogP contribution in [0.15, 0.2) is 54.1 Å². The van der Waals surface area contributed by atoms with E-state index in [1.165, 1.54) is 44.3 Å². The zero-order chi connectivity index (χ0) is 19.2. The maximum absolute atomic E-state index is 11.1. The molecule has 1 saturated carbocycles. The van der Waals surface area contributed by atoms with Crippen molar-refractivity contribution in [1.82, 2.24) is 0 Å². The fraction of sp³-hybridized carbons (Fsp3) is 0.304. The van der Waals surface area contributed by atoms with Crippen LogP contribution in [0.25, 0.3) is 5.57 Å². The molecule has 1 fully saturated rings. The minimum atomic E-state index is -0.324. The predicted molar refractivity (Wildman–Crippen MR) is 105 cm³/mol. The van der Waals surface area contributed by atoms with Crippen molar-refractivity contribution in [2.75, 3.05) is 0 Å². The molecule has 0 radical (unpaired) electrons. The molecule has 27 heavy (non-hydrogen) atoms. The number of rotatable bonds is 4. The highest BCUT2D eigenvalue weighted by atomic mass is 16.5. The second-order valence-electron chi connectivity index (χ2n) is 6.78. The Balaban J connectivity index is 1.97. The van der Waals surface area contributed by atoms with Gasteiger partial charge in [-0.3, -0.25) is 9.59 Å². The van der Waals surface area contributed by atoms with E-state index in [9.17, 15) is 9.59 Å². The van der Waals surface area contributed by atoms with Crippen molar-refractivity contribution in [2.45, 2.75) is 46.0 Å². The number of benzene rings is 2. The van der Waals surface area contributed by atoms with Crippen LogP contribution in [-0.2, 0) is 9.59 Å². The van der Waals surface area contributed by atoms with E-state index >= 15 is 0 Å². The molecular weight excluding hydrogens is 340 g/mol. The molecule has 0 saturated heterocycles. The van der Waals surface area contributed by atoms with Crippen LogP contribution in [0.3, 0.4) is 0 Å². The Bertz CT molecular complexity index is 775. The second kappa shape index (κ2) is 8.67. The lowest BCUT2D eigenvalue weighted by Gasteiger charge is -2.20. The average Bonchev–Trinajstić information content (AvgIpc) is 2.65. The molecule has 0 unspecified atom stereocenters. The zero-order valence-electron chi connectivity index (χ0n) is 15.8. The molecule has 2 aromatic rings. The van der Waals surface area contributed by atoms with Gasteiger partial charge in [-0.15, -0.1) is 0 Å². The topological polar surface area (TPSA) is 52.6 Å². The summed E-state index contributed by atoms with van der Waals surface area (Å²) in [4.78, 5) is 22.3. The van der Waals surface area contributed by atoms with Gasteiger partial charge in [-0.25, -0.2) is 0 Å². The van der Waals surface area contributed by atoms with E-state index in [0.717, 1.165) is 24.0 Å². The summed E-state index contributed by atoms with van der Waals surface area (Å²) in [5.41, 5.74) is 4.87. The quantitative estimate of drug-likeness (QED) is 0.545. The summed E-state index contributed by atoms with van der Waals surface area (Å²) in [6.07, 6.45) is 5.86. The molecule has 3 rings (SSSR count). The van der Waals surface area contributed by atoms with Crippen LogP contribution in [0.2, 0.25) is 0 Å². The molecule has 0 heterocycles. The van der Waals surface area contributed by atoms with Gasteiger partial charge in [-0.2, -0.15) is 0 Å². The monoisotopic (exact) mass is 364 g/mol. The first-order valence-electron chi connectivity index (χ1n) is 9.32. The molecule has 2 aromatic carbocycles. The summed E-state index contributed by atoms with van der Waals surface area (Å²) in [7, 11) is 0. The van der Waals surface area contributed by atoms with Crippen molar-refractivity contribution in [3.63, 3.8) is 0 Å². The van der Waals surface area contributed by atoms with Gasteiger partial charge in [-0.1, -0.05) is 36.3 Å². The predicted octanol–water partition coefficient (Wildman–Crippen LogP) is 5.30. The minimum Gasteiger partial charge on any atom is -0.427 e. The summed E-state index contributed by atoms with van der Waals surface area (Å²) in [5, 5.41) is 0. The minimum absolute atomic E-state index is 0.324. The summed E-state index contributed by atoms with van der Waals surface area (Å²) in [6, 6.07) is 15.3. The Hall–Kier alpha value is -2.88. The lowest BCUT2D eigenvalue weighted by atomic mass is 9.85. The lowest BCUT2D eigenvalue weighted by Crippen LogP contribution is -2.03. The Kier molecular flexibility index (Phi) is 6.07. The van der Waals surface area contributed by atoms with E-state index in [2.05, 4.69) is 0 Å². The first kappa shape index (κ1) is 18.9. The van der Waals surface area contributed by atoms with Gasteiger partial charge in [0.15, 0.2) is 0 Å². The molecule has 4 heteroatoms. The number of ether oxygens (including phenoxy) is 2. The maximum Gasteiger partial charge on any atom is 0.308 e. The van der Waals surface area contributed by atoms with Crippen LogP contribution in [0, 0.1) is 0 Å². The summed E-state index contributed by atoms with van der Waals surface area (Å²) in [6.45, 7) is 2.79. The van der Waals surface area contributed by atoms with Gasteiger partial charge >= 0.3 is 11.9 Å². The van der Waals surface area contributed by atoms with E-state index in [0.29, 0.717) is 11.5 Å². The first-order chi connectivity index (χ1) is 13.0. The molecule has 0 spiro atoms. The van der Waals surface area contributed by atoms with Crippen LogP contribution < -0.4 is 9.47 Å². The van der Waals surface area contributed by atoms with Crippen molar-refractivity contribution < 1.29 is 19.1 Å². The SMILES string of the molecule is CC(=O)Oc1ccc(C(=C2CCCCC2)c2ccc(OC(C)=O)cc2)cc1. The van der Waals surface area contributed by atoms with Crippen LogP contribution in [-0.4, -0.2) is 11.9 Å². The lowest BCUT2D eigenvalue weighted by molar-refractivity contribution is -0.132. The average molecular weight is 364 g/mol. The van der Waals surface area contributed by atoms with Crippen molar-refractivity contribution in [3.8, 4) is 11.5 Å². The van der Waals surface area contributed by atoms with Crippen LogP contribution >= 0.6 is 0 Å². The van der Waals surface area contributed by atoms with Crippen molar-refractivity contribution >= 4 is 17.5 Å². The van der Waals surface area contributed by atoms with Gasteiger partial charge < -0.3 is 9.47 Å². The number of carbonyl (C=O) groups is 2. The molecule has 1 aliphatic rings. The Morgan fingerprint density at radius 3 is 1.44 bits per heavy atom. The summed E-state index contributed by atoms with van der Waals surface area (Å²) in [5.74, 6) is 0.443. The maximum atomic E-state index is 11.1. The van der Waals surface area contributed by atoms with Gasteiger partial charge in [0.25, 0.3) is 0 Å². The molecule has 0 amide bonds. The third-order valence-corrected chi connectivity index (χ3v) is 4.62. The highest BCUT2D eigenvalue weighted by Gasteiger charge is 2.15. The zero-order valence-corrected chi connectivity index (χ0v) is 15.8. The van der Waals surface area contributed by atoms with E-state index in [1.807, 2.05) is 48.5 Å². The van der Waals surface area contributed by atoms with Crippen molar-refractivity contribution in [1.29, 1.82) is 0 Å². The fourth-order valence-electron chi connectivity index (χ4n) is 3.51. The van der Waals surface area contributed by atoms with E-state index in [4.69, 9.17) is 9.47 Å². The highest BCUT2D eigenvalue weighted by molar-refractivity contribution is 5.83. The van der Waals surface area contributed by atoms with Gasteiger partial charge in [0, 0.05) is 13.8 Å². The molecule has 0 aromatic heterocycles. The van der Waals surface area contributed by atoms with Gasteiger partial charge in [0.2, 0.25) is 0 Å². The Morgan fingerprint density at radius 1 is 0.667 bits per heavy atom. The van der Waals surface area contributed by atoms with Crippen LogP contribution in [0.5, 0.6) is 11.5 Å². The van der Waals surface area contributed by atoms with Gasteiger partial charge in [0.1, 0.15) is 11.5 Å². The molecule has 0 atom stereocenters.